The Morgan fingerprint density at radius 2 is 2.03 bits per heavy atom. The number of rotatable bonds is 8. The average molecular weight is 442 g/mol. The summed E-state index contributed by atoms with van der Waals surface area (Å²) in [4.78, 5) is 34.5. The Kier molecular flexibility index (Phi) is 6.36. The predicted molar refractivity (Wildman–Crippen MR) is 122 cm³/mol. The van der Waals surface area contributed by atoms with E-state index in [-0.39, 0.29) is 6.04 Å². The molecule has 0 spiro atoms. The number of aromatic nitrogens is 4. The lowest BCUT2D eigenvalue weighted by Crippen LogP contribution is -2.31. The summed E-state index contributed by atoms with van der Waals surface area (Å²) in [5.41, 5.74) is 1.18. The summed E-state index contributed by atoms with van der Waals surface area (Å²) in [6.07, 6.45) is 3.84. The molecule has 172 valence electrons. The van der Waals surface area contributed by atoms with Crippen LogP contribution in [-0.4, -0.2) is 44.8 Å². The van der Waals surface area contributed by atoms with Gasteiger partial charge in [0.1, 0.15) is 17.3 Å². The minimum absolute atomic E-state index is 0.153. The van der Waals surface area contributed by atoms with Crippen LogP contribution in [0.25, 0.3) is 11.2 Å². The van der Waals surface area contributed by atoms with Gasteiger partial charge in [0.15, 0.2) is 11.2 Å². The summed E-state index contributed by atoms with van der Waals surface area (Å²) in [5, 5.41) is 0. The second-order valence-electron chi connectivity index (χ2n) is 8.26. The van der Waals surface area contributed by atoms with Gasteiger partial charge >= 0.3 is 5.69 Å². The fourth-order valence-electron chi connectivity index (χ4n) is 4.61. The first-order valence-corrected chi connectivity index (χ1v) is 11.1. The first-order valence-electron chi connectivity index (χ1n) is 11.1. The van der Waals surface area contributed by atoms with E-state index in [1.807, 2.05) is 29.8 Å². The number of fused-ring (bicyclic) bond motifs is 1. The molecule has 0 amide bonds. The molecular weight excluding hydrogens is 410 g/mol. The fraction of sp³-hybridized carbons (Fsp3) is 0.522. The second kappa shape index (κ2) is 9.20. The predicted octanol–water partition coefficient (Wildman–Crippen LogP) is 2.58. The molecule has 4 rings (SSSR count). The van der Waals surface area contributed by atoms with E-state index in [4.69, 9.17) is 14.5 Å². The van der Waals surface area contributed by atoms with E-state index in [2.05, 4.69) is 16.8 Å². The smallest absolute Gasteiger partial charge is 0.330 e. The van der Waals surface area contributed by atoms with Gasteiger partial charge in [0.05, 0.1) is 20.8 Å². The third-order valence-corrected chi connectivity index (χ3v) is 6.35. The van der Waals surface area contributed by atoms with Crippen LogP contribution in [0.1, 0.15) is 50.0 Å². The van der Waals surface area contributed by atoms with Crippen LogP contribution in [0.3, 0.4) is 0 Å². The third-order valence-electron chi connectivity index (χ3n) is 6.35. The summed E-state index contributed by atoms with van der Waals surface area (Å²) < 4.78 is 14.5. The Morgan fingerprint density at radius 1 is 1.22 bits per heavy atom. The number of ether oxygens (including phenoxy) is 2. The quantitative estimate of drug-likeness (QED) is 0.577. The molecule has 1 aliphatic heterocycles. The van der Waals surface area contributed by atoms with Crippen LogP contribution in [0.4, 0.5) is 0 Å². The molecule has 0 aliphatic carbocycles. The second-order valence-corrected chi connectivity index (χ2v) is 8.26. The Morgan fingerprint density at radius 3 is 2.75 bits per heavy atom. The van der Waals surface area contributed by atoms with E-state index in [9.17, 15) is 9.59 Å². The Balaban J connectivity index is 1.72. The lowest BCUT2D eigenvalue weighted by molar-refractivity contribution is 0.234. The number of nitrogens with zero attached hydrogens (tertiary/aromatic N) is 4. The van der Waals surface area contributed by atoms with E-state index < -0.39 is 11.2 Å². The molecule has 0 bridgehead atoms. The van der Waals surface area contributed by atoms with Crippen LogP contribution >= 0.6 is 0 Å². The van der Waals surface area contributed by atoms with Gasteiger partial charge < -0.3 is 14.0 Å². The molecule has 32 heavy (non-hydrogen) atoms. The molecule has 9 heteroatoms. The van der Waals surface area contributed by atoms with Gasteiger partial charge in [0, 0.05) is 25.2 Å². The number of aromatic amines is 1. The molecule has 3 aromatic rings. The number of hydrogen-bond donors (Lipinski definition) is 1. The molecule has 1 atom stereocenters. The van der Waals surface area contributed by atoms with Crippen molar-refractivity contribution in [1.29, 1.82) is 0 Å². The van der Waals surface area contributed by atoms with Gasteiger partial charge in [0.2, 0.25) is 0 Å². The van der Waals surface area contributed by atoms with Crippen molar-refractivity contribution in [3.63, 3.8) is 0 Å². The Hall–Kier alpha value is -3.07. The van der Waals surface area contributed by atoms with Crippen LogP contribution < -0.4 is 20.7 Å². The highest BCUT2D eigenvalue weighted by Crippen LogP contribution is 2.39. The first-order chi connectivity index (χ1) is 15.5. The van der Waals surface area contributed by atoms with Crippen molar-refractivity contribution >= 4 is 11.2 Å². The number of hydrogen-bond acceptors (Lipinski definition) is 6. The maximum Gasteiger partial charge on any atom is 0.330 e. The zero-order valence-corrected chi connectivity index (χ0v) is 19.2. The average Bonchev–Trinajstić information content (AvgIpc) is 3.38. The number of H-pyrrole nitrogens is 1. The standard InChI is InChI=1S/C23H31N5O4/c1-5-6-12-28-21-20(22(29)25-23(28)30)26(2)19(24-21)14-27-11-7-8-17(27)16-13-15(31-3)9-10-18(16)32-4/h9-10,13,17H,5-8,11-12,14H2,1-4H3,(H,25,29,30). The van der Waals surface area contributed by atoms with Gasteiger partial charge in [0.25, 0.3) is 5.56 Å². The maximum atomic E-state index is 12.6. The van der Waals surface area contributed by atoms with Crippen molar-refractivity contribution in [2.75, 3.05) is 20.8 Å². The highest BCUT2D eigenvalue weighted by Gasteiger charge is 2.30. The van der Waals surface area contributed by atoms with Crippen LogP contribution in [0.5, 0.6) is 11.5 Å². The van der Waals surface area contributed by atoms with Gasteiger partial charge in [-0.25, -0.2) is 9.78 Å². The zero-order chi connectivity index (χ0) is 22.8. The van der Waals surface area contributed by atoms with E-state index >= 15 is 0 Å². The van der Waals surface area contributed by atoms with Crippen LogP contribution in [0.2, 0.25) is 0 Å². The third kappa shape index (κ3) is 3.92. The summed E-state index contributed by atoms with van der Waals surface area (Å²) >= 11 is 0. The molecule has 0 saturated carbocycles. The molecule has 1 fully saturated rings. The number of nitrogens with one attached hydrogen (secondary N) is 1. The molecule has 2 aromatic heterocycles. The zero-order valence-electron chi connectivity index (χ0n) is 19.2. The minimum Gasteiger partial charge on any atom is -0.497 e. The largest absolute Gasteiger partial charge is 0.497 e. The van der Waals surface area contributed by atoms with Gasteiger partial charge in [-0.2, -0.15) is 0 Å². The summed E-state index contributed by atoms with van der Waals surface area (Å²) in [7, 11) is 5.18. The van der Waals surface area contributed by atoms with Gasteiger partial charge in [-0.05, 0) is 44.0 Å². The minimum atomic E-state index is -0.402. The van der Waals surface area contributed by atoms with Crippen molar-refractivity contribution < 1.29 is 9.47 Å². The topological polar surface area (TPSA) is 94.4 Å². The monoisotopic (exact) mass is 441 g/mol. The summed E-state index contributed by atoms with van der Waals surface area (Å²) in [6.45, 7) is 4.08. The number of likely N-dealkylation sites (tertiary alicyclic amines) is 1. The summed E-state index contributed by atoms with van der Waals surface area (Å²) in [5.74, 6) is 2.38. The number of aryl methyl sites for hydroxylation is 2. The molecule has 3 heterocycles. The normalized spacial score (nSPS) is 16.7. The number of unbranched alkanes of at least 4 members (excludes halogenated alkanes) is 1. The van der Waals surface area contributed by atoms with Crippen molar-refractivity contribution in [3.05, 3.63) is 50.4 Å². The molecule has 1 aliphatic rings. The molecule has 1 N–H and O–H groups in total. The number of imidazole rings is 1. The molecule has 1 saturated heterocycles. The highest BCUT2D eigenvalue weighted by molar-refractivity contribution is 5.70. The van der Waals surface area contributed by atoms with Crippen LogP contribution in [0, 0.1) is 0 Å². The maximum absolute atomic E-state index is 12.6. The van der Waals surface area contributed by atoms with Gasteiger partial charge in [-0.1, -0.05) is 13.3 Å². The van der Waals surface area contributed by atoms with Crippen molar-refractivity contribution in [1.82, 2.24) is 24.0 Å². The van der Waals surface area contributed by atoms with E-state index in [0.717, 1.165) is 55.1 Å². The number of methoxy groups -OCH3 is 2. The van der Waals surface area contributed by atoms with Gasteiger partial charge in [-0.15, -0.1) is 0 Å². The van der Waals surface area contributed by atoms with Crippen molar-refractivity contribution in [3.8, 4) is 11.5 Å². The van der Waals surface area contributed by atoms with E-state index in [1.165, 1.54) is 0 Å². The Labute approximate surface area is 186 Å². The van der Waals surface area contributed by atoms with Crippen molar-refractivity contribution in [2.24, 2.45) is 7.05 Å². The molecular formula is C23H31N5O4. The highest BCUT2D eigenvalue weighted by atomic mass is 16.5. The van der Waals surface area contributed by atoms with E-state index in [1.54, 1.807) is 18.8 Å². The number of benzene rings is 1. The fourth-order valence-corrected chi connectivity index (χ4v) is 4.61. The molecule has 0 radical (unpaired) electrons. The first kappa shape index (κ1) is 22.1. The molecule has 9 nitrogen and oxygen atoms in total. The SMILES string of the molecule is CCCCn1c(=O)[nH]c(=O)c2c1nc(CN1CCCC1c1cc(OC)ccc1OC)n2C. The lowest BCUT2D eigenvalue weighted by atomic mass is 10.0. The summed E-state index contributed by atoms with van der Waals surface area (Å²) in [6, 6.07) is 6.02. The van der Waals surface area contributed by atoms with Crippen LogP contribution in [0.15, 0.2) is 27.8 Å². The van der Waals surface area contributed by atoms with Gasteiger partial charge in [-0.3, -0.25) is 19.2 Å². The molecule has 1 aromatic carbocycles. The van der Waals surface area contributed by atoms with Crippen LogP contribution in [-0.2, 0) is 20.1 Å². The molecule has 1 unspecified atom stereocenters. The van der Waals surface area contributed by atoms with E-state index in [0.29, 0.717) is 24.3 Å². The Bertz CT molecular complexity index is 1230. The lowest BCUT2D eigenvalue weighted by Gasteiger charge is -2.26. The van der Waals surface area contributed by atoms with Crippen molar-refractivity contribution in [2.45, 2.75) is 51.7 Å².